The molecular weight excluding hydrogens is 291 g/mol. The smallest absolute Gasteiger partial charge is 0.335 e. The van der Waals surface area contributed by atoms with Crippen LogP contribution in [0.5, 0.6) is 0 Å². The van der Waals surface area contributed by atoms with Crippen molar-refractivity contribution in [3.05, 3.63) is 29.6 Å². The molecule has 0 aliphatic rings. The number of hydrogen-bond acceptors (Lipinski definition) is 2. The maximum absolute atomic E-state index is 13.6. The summed E-state index contributed by atoms with van der Waals surface area (Å²) in [5.74, 6) is -1.35. The van der Waals surface area contributed by atoms with Gasteiger partial charge in [-0.3, -0.25) is 4.21 Å². The Kier molecular flexibility index (Phi) is 8.20. The normalized spacial score (nSPS) is 12.3. The first-order valence-electron chi connectivity index (χ1n) is 7.47. The first kappa shape index (κ1) is 17.8. The highest BCUT2D eigenvalue weighted by Crippen LogP contribution is 2.17. The van der Waals surface area contributed by atoms with E-state index >= 15 is 0 Å². The van der Waals surface area contributed by atoms with Crippen molar-refractivity contribution in [2.75, 3.05) is 5.75 Å². The summed E-state index contributed by atoms with van der Waals surface area (Å²) < 4.78 is 25.7. The first-order valence-corrected chi connectivity index (χ1v) is 8.79. The molecule has 0 saturated heterocycles. The summed E-state index contributed by atoms with van der Waals surface area (Å²) in [6.45, 7) is 2.17. The maximum Gasteiger partial charge on any atom is 0.335 e. The van der Waals surface area contributed by atoms with E-state index in [0.29, 0.717) is 5.75 Å². The van der Waals surface area contributed by atoms with Crippen LogP contribution in [0, 0.1) is 5.82 Å². The second-order valence-corrected chi connectivity index (χ2v) is 6.66. The first-order chi connectivity index (χ1) is 10.1. The van der Waals surface area contributed by atoms with Crippen LogP contribution in [0.15, 0.2) is 23.1 Å². The van der Waals surface area contributed by atoms with Crippen LogP contribution >= 0.6 is 0 Å². The Labute approximate surface area is 128 Å². The molecule has 1 rings (SSSR count). The fraction of sp³-hybridized carbons (Fsp3) is 0.562. The lowest BCUT2D eigenvalue weighted by molar-refractivity contribution is 0.0696. The van der Waals surface area contributed by atoms with Crippen LogP contribution in [-0.2, 0) is 10.8 Å². The van der Waals surface area contributed by atoms with Gasteiger partial charge in [-0.15, -0.1) is 0 Å². The lowest BCUT2D eigenvalue weighted by atomic mass is 10.1. The monoisotopic (exact) mass is 314 g/mol. The minimum atomic E-state index is -1.47. The fourth-order valence-corrected chi connectivity index (χ4v) is 3.34. The zero-order valence-electron chi connectivity index (χ0n) is 12.4. The fourth-order valence-electron chi connectivity index (χ4n) is 2.11. The highest BCUT2D eigenvalue weighted by molar-refractivity contribution is 7.85. The summed E-state index contributed by atoms with van der Waals surface area (Å²) >= 11 is 0. The molecule has 0 aliphatic carbocycles. The van der Waals surface area contributed by atoms with Gasteiger partial charge in [0.05, 0.1) is 21.3 Å². The predicted octanol–water partition coefficient (Wildman–Crippen LogP) is 4.38. The van der Waals surface area contributed by atoms with E-state index in [0.717, 1.165) is 25.3 Å². The molecule has 1 aromatic carbocycles. The number of carbonyl (C=O) groups is 1. The van der Waals surface area contributed by atoms with Crippen molar-refractivity contribution < 1.29 is 18.5 Å². The maximum atomic E-state index is 13.6. The Balaban J connectivity index is 2.41. The van der Waals surface area contributed by atoms with Gasteiger partial charge >= 0.3 is 5.97 Å². The number of hydrogen-bond donors (Lipinski definition) is 1. The summed E-state index contributed by atoms with van der Waals surface area (Å²) in [5.41, 5.74) is -0.0284. The van der Waals surface area contributed by atoms with Crippen molar-refractivity contribution in [2.45, 2.75) is 56.8 Å². The van der Waals surface area contributed by atoms with Crippen LogP contribution < -0.4 is 0 Å². The van der Waals surface area contributed by atoms with E-state index in [-0.39, 0.29) is 10.5 Å². The molecule has 1 atom stereocenters. The lowest BCUT2D eigenvalue weighted by Crippen LogP contribution is -2.04. The highest BCUT2D eigenvalue weighted by Gasteiger charge is 2.13. The standard InChI is InChI=1S/C16H23FO3S/c1-2-3-4-5-6-7-8-11-21(20)15-12-13(16(18)19)9-10-14(15)17/h9-10,12H,2-8,11H2,1H3,(H,18,19). The average Bonchev–Trinajstić information content (AvgIpc) is 2.46. The minimum Gasteiger partial charge on any atom is -0.478 e. The molecule has 118 valence electrons. The molecule has 1 N–H and O–H groups in total. The third-order valence-electron chi connectivity index (χ3n) is 3.36. The summed E-state index contributed by atoms with van der Waals surface area (Å²) in [6, 6.07) is 3.43. The molecule has 3 nitrogen and oxygen atoms in total. The van der Waals surface area contributed by atoms with Crippen molar-refractivity contribution in [1.82, 2.24) is 0 Å². The van der Waals surface area contributed by atoms with Crippen molar-refractivity contribution in [1.29, 1.82) is 0 Å². The van der Waals surface area contributed by atoms with Crippen LogP contribution in [0.4, 0.5) is 4.39 Å². The summed E-state index contributed by atoms with van der Waals surface area (Å²) in [7, 11) is -1.47. The topological polar surface area (TPSA) is 54.4 Å². The molecule has 0 fully saturated rings. The van der Waals surface area contributed by atoms with E-state index in [1.807, 2.05) is 0 Å². The molecule has 1 aromatic rings. The molecule has 0 saturated carbocycles. The van der Waals surface area contributed by atoms with Crippen LogP contribution in [0.3, 0.4) is 0 Å². The second-order valence-electron chi connectivity index (χ2n) is 5.12. The van der Waals surface area contributed by atoms with E-state index in [4.69, 9.17) is 5.11 Å². The average molecular weight is 314 g/mol. The Morgan fingerprint density at radius 2 is 1.76 bits per heavy atom. The van der Waals surface area contributed by atoms with Gasteiger partial charge in [0, 0.05) is 5.75 Å². The summed E-state index contributed by atoms with van der Waals surface area (Å²) in [4.78, 5) is 10.9. The van der Waals surface area contributed by atoms with E-state index in [1.54, 1.807) is 0 Å². The lowest BCUT2D eigenvalue weighted by Gasteiger charge is -2.05. The third kappa shape index (κ3) is 6.38. The zero-order chi connectivity index (χ0) is 15.7. The number of carboxylic acids is 1. The summed E-state index contributed by atoms with van der Waals surface area (Å²) in [6.07, 6.45) is 7.74. The minimum absolute atomic E-state index is 0.000818. The molecule has 21 heavy (non-hydrogen) atoms. The van der Waals surface area contributed by atoms with Crippen LogP contribution in [0.25, 0.3) is 0 Å². The Morgan fingerprint density at radius 1 is 1.14 bits per heavy atom. The van der Waals surface area contributed by atoms with Crippen molar-refractivity contribution >= 4 is 16.8 Å². The molecule has 0 amide bonds. The molecule has 0 bridgehead atoms. The number of aromatic carboxylic acids is 1. The molecule has 0 aliphatic heterocycles. The molecular formula is C16H23FO3S. The number of halogens is 1. The quantitative estimate of drug-likeness (QED) is 0.652. The van der Waals surface area contributed by atoms with Gasteiger partial charge in [0.2, 0.25) is 0 Å². The van der Waals surface area contributed by atoms with E-state index in [9.17, 15) is 13.4 Å². The van der Waals surface area contributed by atoms with Gasteiger partial charge in [-0.25, -0.2) is 9.18 Å². The number of carboxylic acid groups (broad SMARTS) is 1. The van der Waals surface area contributed by atoms with Gasteiger partial charge < -0.3 is 5.11 Å². The van der Waals surface area contributed by atoms with Crippen molar-refractivity contribution in [2.24, 2.45) is 0 Å². The van der Waals surface area contributed by atoms with E-state index < -0.39 is 22.6 Å². The highest BCUT2D eigenvalue weighted by atomic mass is 32.2. The zero-order valence-corrected chi connectivity index (χ0v) is 13.3. The Hall–Kier alpha value is -1.23. The van der Waals surface area contributed by atoms with Gasteiger partial charge in [0.15, 0.2) is 0 Å². The van der Waals surface area contributed by atoms with Gasteiger partial charge in [-0.1, -0.05) is 45.4 Å². The van der Waals surface area contributed by atoms with Crippen molar-refractivity contribution in [3.63, 3.8) is 0 Å². The predicted molar refractivity (Wildman–Crippen MR) is 82.6 cm³/mol. The van der Waals surface area contributed by atoms with Gasteiger partial charge in [-0.2, -0.15) is 0 Å². The number of rotatable bonds is 10. The molecule has 1 unspecified atom stereocenters. The SMILES string of the molecule is CCCCCCCCCS(=O)c1cc(C(=O)O)ccc1F. The molecule has 0 heterocycles. The number of unbranched alkanes of at least 4 members (excludes halogenated alkanes) is 6. The molecule has 0 radical (unpaired) electrons. The van der Waals surface area contributed by atoms with Crippen molar-refractivity contribution in [3.8, 4) is 0 Å². The third-order valence-corrected chi connectivity index (χ3v) is 4.82. The van der Waals surface area contributed by atoms with Gasteiger partial charge in [0.25, 0.3) is 0 Å². The summed E-state index contributed by atoms with van der Waals surface area (Å²) in [5, 5.41) is 8.88. The largest absolute Gasteiger partial charge is 0.478 e. The number of benzene rings is 1. The Morgan fingerprint density at radius 3 is 2.38 bits per heavy atom. The van der Waals surface area contributed by atoms with Crippen LogP contribution in [0.2, 0.25) is 0 Å². The Bertz CT molecular complexity index is 488. The molecule has 0 aromatic heterocycles. The second kappa shape index (κ2) is 9.66. The molecule has 0 spiro atoms. The van der Waals surface area contributed by atoms with Crippen LogP contribution in [0.1, 0.15) is 62.2 Å². The molecule has 5 heteroatoms. The van der Waals surface area contributed by atoms with Crippen LogP contribution in [-0.4, -0.2) is 21.0 Å². The van der Waals surface area contributed by atoms with E-state index in [2.05, 4.69) is 6.92 Å². The van der Waals surface area contributed by atoms with Gasteiger partial charge in [0.1, 0.15) is 5.82 Å². The van der Waals surface area contributed by atoms with E-state index in [1.165, 1.54) is 37.8 Å². The van der Waals surface area contributed by atoms with Gasteiger partial charge in [-0.05, 0) is 24.6 Å².